The minimum absolute atomic E-state index is 0.0512. The number of hydrogen-bond acceptors (Lipinski definition) is 4. The van der Waals surface area contributed by atoms with Gasteiger partial charge in [0.2, 0.25) is 11.7 Å². The third kappa shape index (κ3) is 4.64. The molecule has 4 rings (SSSR count). The quantitative estimate of drug-likeness (QED) is 0.565. The van der Waals surface area contributed by atoms with Gasteiger partial charge in [-0.3, -0.25) is 0 Å². The number of halogens is 4. The number of likely N-dealkylation sites (tertiary alicyclic amines) is 1. The molecule has 0 amide bonds. The summed E-state index contributed by atoms with van der Waals surface area (Å²) in [6.45, 7) is 2.44. The zero-order valence-corrected chi connectivity index (χ0v) is 15.5. The van der Waals surface area contributed by atoms with Crippen LogP contribution >= 0.6 is 0 Å². The van der Waals surface area contributed by atoms with E-state index in [1.165, 1.54) is 24.3 Å². The van der Waals surface area contributed by atoms with Gasteiger partial charge in [0.05, 0.1) is 11.5 Å². The minimum atomic E-state index is -4.42. The Morgan fingerprint density at radius 1 is 1.10 bits per heavy atom. The summed E-state index contributed by atoms with van der Waals surface area (Å²) in [4.78, 5) is 6.60. The number of rotatable bonds is 5. The molecule has 0 bridgehead atoms. The van der Waals surface area contributed by atoms with Crippen LogP contribution in [0.5, 0.6) is 0 Å². The normalized spacial score (nSPS) is 17.7. The average Bonchev–Trinajstić information content (AvgIpc) is 3.37. The molecular weight excluding hydrogens is 386 g/mol. The van der Waals surface area contributed by atoms with Crippen molar-refractivity contribution in [3.8, 4) is 11.4 Å². The SMILES string of the molecule is Fc1ccc(CCN2CCC(c3nc(-c4cccc(C(F)(F)F)c4)no3)C2)cc1. The summed E-state index contributed by atoms with van der Waals surface area (Å²) < 4.78 is 57.0. The Bertz CT molecular complexity index is 969. The molecule has 4 nitrogen and oxygen atoms in total. The summed E-state index contributed by atoms with van der Waals surface area (Å²) in [5, 5.41) is 3.87. The van der Waals surface area contributed by atoms with E-state index in [1.54, 1.807) is 12.1 Å². The highest BCUT2D eigenvalue weighted by molar-refractivity contribution is 5.55. The van der Waals surface area contributed by atoms with Crippen LogP contribution in [0.4, 0.5) is 17.6 Å². The number of nitrogens with zero attached hydrogens (tertiary/aromatic N) is 3. The van der Waals surface area contributed by atoms with Gasteiger partial charge < -0.3 is 9.42 Å². The van der Waals surface area contributed by atoms with Crippen LogP contribution in [0.25, 0.3) is 11.4 Å². The lowest BCUT2D eigenvalue weighted by Crippen LogP contribution is -2.23. The first-order chi connectivity index (χ1) is 13.9. The summed E-state index contributed by atoms with van der Waals surface area (Å²) in [7, 11) is 0. The van der Waals surface area contributed by atoms with E-state index < -0.39 is 11.7 Å². The Hall–Kier alpha value is -2.74. The molecule has 1 fully saturated rings. The molecule has 3 aromatic rings. The topological polar surface area (TPSA) is 42.2 Å². The van der Waals surface area contributed by atoms with E-state index in [0.29, 0.717) is 5.89 Å². The Balaban J connectivity index is 1.38. The summed E-state index contributed by atoms with van der Waals surface area (Å²) in [5.41, 5.74) is 0.606. The maximum atomic E-state index is 13.0. The molecule has 152 valence electrons. The van der Waals surface area contributed by atoms with Crippen LogP contribution < -0.4 is 0 Å². The Labute approximate surface area is 165 Å². The fourth-order valence-electron chi connectivity index (χ4n) is 3.53. The first kappa shape index (κ1) is 19.6. The van der Waals surface area contributed by atoms with Crippen LogP contribution in [0.1, 0.15) is 29.4 Å². The highest BCUT2D eigenvalue weighted by Gasteiger charge is 2.31. The van der Waals surface area contributed by atoms with Crippen molar-refractivity contribution in [3.05, 3.63) is 71.4 Å². The van der Waals surface area contributed by atoms with Crippen LogP contribution in [0, 0.1) is 5.82 Å². The minimum Gasteiger partial charge on any atom is -0.339 e. The van der Waals surface area contributed by atoms with Crippen LogP contribution in [-0.2, 0) is 12.6 Å². The lowest BCUT2D eigenvalue weighted by atomic mass is 10.1. The zero-order valence-electron chi connectivity index (χ0n) is 15.5. The third-order valence-electron chi connectivity index (χ3n) is 5.14. The highest BCUT2D eigenvalue weighted by atomic mass is 19.4. The summed E-state index contributed by atoms with van der Waals surface area (Å²) in [6, 6.07) is 11.4. The van der Waals surface area contributed by atoms with Crippen molar-refractivity contribution in [2.75, 3.05) is 19.6 Å². The molecule has 0 saturated carbocycles. The van der Waals surface area contributed by atoms with Gasteiger partial charge in [0, 0.05) is 18.7 Å². The van der Waals surface area contributed by atoms with Crippen molar-refractivity contribution < 1.29 is 22.1 Å². The fourth-order valence-corrected chi connectivity index (χ4v) is 3.53. The molecule has 0 radical (unpaired) electrons. The number of aromatic nitrogens is 2. The monoisotopic (exact) mass is 405 g/mol. The van der Waals surface area contributed by atoms with E-state index in [9.17, 15) is 17.6 Å². The summed E-state index contributed by atoms with van der Waals surface area (Å²) in [5.74, 6) is 0.413. The predicted octanol–water partition coefficient (Wildman–Crippen LogP) is 4.93. The van der Waals surface area contributed by atoms with Gasteiger partial charge in [-0.25, -0.2) is 4.39 Å². The molecule has 0 aliphatic carbocycles. The molecule has 1 saturated heterocycles. The second-order valence-electron chi connectivity index (χ2n) is 7.20. The van der Waals surface area contributed by atoms with Gasteiger partial charge in [-0.2, -0.15) is 18.2 Å². The van der Waals surface area contributed by atoms with Crippen LogP contribution in [0.2, 0.25) is 0 Å². The number of benzene rings is 2. The molecule has 1 atom stereocenters. The number of hydrogen-bond donors (Lipinski definition) is 0. The van der Waals surface area contributed by atoms with E-state index in [4.69, 9.17) is 4.52 Å². The fraction of sp³-hybridized carbons (Fsp3) is 0.333. The largest absolute Gasteiger partial charge is 0.416 e. The molecule has 29 heavy (non-hydrogen) atoms. The van der Waals surface area contributed by atoms with Crippen molar-refractivity contribution in [2.45, 2.75) is 24.9 Å². The zero-order chi connectivity index (χ0) is 20.4. The van der Waals surface area contributed by atoms with Crippen LogP contribution in [-0.4, -0.2) is 34.7 Å². The second kappa shape index (κ2) is 7.94. The van der Waals surface area contributed by atoms with Gasteiger partial charge in [-0.15, -0.1) is 0 Å². The van der Waals surface area contributed by atoms with Crippen LogP contribution in [0.15, 0.2) is 53.1 Å². The standard InChI is InChI=1S/C21H19F4N3O/c22-18-6-4-14(5-7-18)8-10-28-11-9-16(13-28)20-26-19(27-29-20)15-2-1-3-17(12-15)21(23,24)25/h1-7,12,16H,8-11,13H2. The highest BCUT2D eigenvalue weighted by Crippen LogP contribution is 2.32. The summed E-state index contributed by atoms with van der Waals surface area (Å²) in [6.07, 6.45) is -2.76. The van der Waals surface area contributed by atoms with Crippen molar-refractivity contribution in [1.82, 2.24) is 15.0 Å². The van der Waals surface area contributed by atoms with Gasteiger partial charge in [-0.05, 0) is 49.2 Å². The Kier molecular flexibility index (Phi) is 5.36. The Morgan fingerprint density at radius 3 is 2.66 bits per heavy atom. The lowest BCUT2D eigenvalue weighted by molar-refractivity contribution is -0.137. The van der Waals surface area contributed by atoms with Gasteiger partial charge in [0.25, 0.3) is 0 Å². The molecule has 1 aliphatic rings. The van der Waals surface area contributed by atoms with Gasteiger partial charge in [0.15, 0.2) is 0 Å². The van der Waals surface area contributed by atoms with E-state index in [2.05, 4.69) is 15.0 Å². The van der Waals surface area contributed by atoms with Crippen molar-refractivity contribution >= 4 is 0 Å². The van der Waals surface area contributed by atoms with Crippen LogP contribution in [0.3, 0.4) is 0 Å². The first-order valence-corrected chi connectivity index (χ1v) is 9.36. The van der Waals surface area contributed by atoms with Crippen molar-refractivity contribution in [1.29, 1.82) is 0 Å². The van der Waals surface area contributed by atoms with Gasteiger partial charge in [-0.1, -0.05) is 29.4 Å². The molecule has 0 N–H and O–H groups in total. The van der Waals surface area contributed by atoms with E-state index in [1.807, 2.05) is 0 Å². The smallest absolute Gasteiger partial charge is 0.339 e. The van der Waals surface area contributed by atoms with Gasteiger partial charge in [0.1, 0.15) is 5.82 Å². The second-order valence-corrected chi connectivity index (χ2v) is 7.20. The van der Waals surface area contributed by atoms with E-state index >= 15 is 0 Å². The summed E-state index contributed by atoms with van der Waals surface area (Å²) >= 11 is 0. The molecule has 1 unspecified atom stereocenters. The first-order valence-electron chi connectivity index (χ1n) is 9.36. The van der Waals surface area contributed by atoms with Crippen molar-refractivity contribution in [2.24, 2.45) is 0 Å². The molecule has 1 aromatic heterocycles. The number of alkyl halides is 3. The maximum Gasteiger partial charge on any atom is 0.416 e. The molecule has 0 spiro atoms. The molecule has 2 aromatic carbocycles. The maximum absolute atomic E-state index is 13.0. The molecule has 2 heterocycles. The van der Waals surface area contributed by atoms with E-state index in [-0.39, 0.29) is 23.1 Å². The Morgan fingerprint density at radius 2 is 1.90 bits per heavy atom. The average molecular weight is 405 g/mol. The molecular formula is C21H19F4N3O. The molecule has 1 aliphatic heterocycles. The van der Waals surface area contributed by atoms with Crippen molar-refractivity contribution in [3.63, 3.8) is 0 Å². The third-order valence-corrected chi connectivity index (χ3v) is 5.14. The lowest BCUT2D eigenvalue weighted by Gasteiger charge is -2.14. The van der Waals surface area contributed by atoms with Gasteiger partial charge >= 0.3 is 6.18 Å². The van der Waals surface area contributed by atoms with E-state index in [0.717, 1.165) is 50.2 Å². The predicted molar refractivity (Wildman–Crippen MR) is 98.6 cm³/mol. The molecule has 8 heteroatoms.